The second-order valence-electron chi connectivity index (χ2n) is 7.03. The number of aryl methyl sites for hydroxylation is 1. The Kier molecular flexibility index (Phi) is 5.94. The Morgan fingerprint density at radius 2 is 1.96 bits per heavy atom. The third-order valence-corrected chi connectivity index (χ3v) is 3.32. The average molecular weight is 323 g/mol. The number of aliphatic hydroxyl groups excluding tert-OH is 1. The quantitative estimate of drug-likeness (QED) is 0.810. The second-order valence-corrected chi connectivity index (χ2v) is 7.03. The molecule has 0 heterocycles. The monoisotopic (exact) mass is 323 g/mol. The van der Waals surface area contributed by atoms with Crippen molar-refractivity contribution >= 4 is 6.09 Å². The maximum atomic E-state index is 14.3. The number of benzene rings is 1. The fourth-order valence-electron chi connectivity index (χ4n) is 2.35. The molecular formula is C18H26FNO3. The van der Waals surface area contributed by atoms with Crippen LogP contribution in [-0.4, -0.2) is 23.4 Å². The SMILES string of the molecule is C=C(CO)C[C@](C)(NC(=O)OC(C)(C)C)c1cc(C)ccc1F. The van der Waals surface area contributed by atoms with E-state index in [1.54, 1.807) is 39.8 Å². The molecule has 0 bridgehead atoms. The number of alkyl carbamates (subject to hydrolysis) is 1. The van der Waals surface area contributed by atoms with E-state index in [1.807, 2.05) is 6.92 Å². The van der Waals surface area contributed by atoms with E-state index in [2.05, 4.69) is 11.9 Å². The number of ether oxygens (including phenoxy) is 1. The number of amides is 1. The Morgan fingerprint density at radius 3 is 2.48 bits per heavy atom. The van der Waals surface area contributed by atoms with E-state index in [4.69, 9.17) is 4.74 Å². The lowest BCUT2D eigenvalue weighted by Gasteiger charge is -2.33. The summed E-state index contributed by atoms with van der Waals surface area (Å²) in [7, 11) is 0. The number of halogens is 1. The van der Waals surface area contributed by atoms with Crippen molar-refractivity contribution in [2.24, 2.45) is 0 Å². The molecule has 0 aliphatic rings. The van der Waals surface area contributed by atoms with Crippen LogP contribution >= 0.6 is 0 Å². The van der Waals surface area contributed by atoms with E-state index in [0.717, 1.165) is 5.56 Å². The third-order valence-electron chi connectivity index (χ3n) is 3.32. The van der Waals surface area contributed by atoms with Gasteiger partial charge in [-0.1, -0.05) is 24.3 Å². The standard InChI is InChI=1S/C18H26FNO3/c1-12-7-8-15(19)14(9-12)18(6,10-13(2)11-21)20-16(22)23-17(3,4)5/h7-9,21H,2,10-11H2,1,3-6H3,(H,20,22)/t18-/m0/s1. The smallest absolute Gasteiger partial charge is 0.408 e. The largest absolute Gasteiger partial charge is 0.444 e. The van der Waals surface area contributed by atoms with E-state index in [-0.39, 0.29) is 13.0 Å². The zero-order valence-corrected chi connectivity index (χ0v) is 14.5. The maximum absolute atomic E-state index is 14.3. The van der Waals surface area contributed by atoms with Crippen molar-refractivity contribution in [3.05, 3.63) is 47.3 Å². The summed E-state index contributed by atoms with van der Waals surface area (Å²) < 4.78 is 19.6. The zero-order valence-electron chi connectivity index (χ0n) is 14.5. The molecule has 1 aromatic carbocycles. The van der Waals surface area contributed by atoms with Gasteiger partial charge < -0.3 is 15.2 Å². The minimum Gasteiger partial charge on any atom is -0.444 e. The lowest BCUT2D eigenvalue weighted by atomic mass is 9.85. The van der Waals surface area contributed by atoms with E-state index in [9.17, 15) is 14.3 Å². The summed E-state index contributed by atoms with van der Waals surface area (Å²) in [6.07, 6.45) is -0.449. The van der Waals surface area contributed by atoms with Crippen molar-refractivity contribution in [2.75, 3.05) is 6.61 Å². The highest BCUT2D eigenvalue weighted by molar-refractivity contribution is 5.69. The van der Waals surface area contributed by atoms with Gasteiger partial charge in [0, 0.05) is 5.56 Å². The topological polar surface area (TPSA) is 58.6 Å². The molecule has 0 aliphatic heterocycles. The minimum absolute atomic E-state index is 0.198. The normalized spacial score (nSPS) is 14.0. The summed E-state index contributed by atoms with van der Waals surface area (Å²) in [5.41, 5.74) is -0.0433. The van der Waals surface area contributed by atoms with Gasteiger partial charge in [-0.05, 0) is 52.7 Å². The average Bonchev–Trinajstić information content (AvgIpc) is 2.38. The Hall–Kier alpha value is -1.88. The molecular weight excluding hydrogens is 297 g/mol. The summed E-state index contributed by atoms with van der Waals surface area (Å²) in [4.78, 5) is 12.2. The number of carbonyl (C=O) groups is 1. The van der Waals surface area contributed by atoms with E-state index >= 15 is 0 Å². The first-order chi connectivity index (χ1) is 10.5. The van der Waals surface area contributed by atoms with E-state index in [0.29, 0.717) is 11.1 Å². The van der Waals surface area contributed by atoms with Gasteiger partial charge in [-0.3, -0.25) is 0 Å². The van der Waals surface area contributed by atoms with Crippen molar-refractivity contribution in [1.29, 1.82) is 0 Å². The predicted octanol–water partition coefficient (Wildman–Crippen LogP) is 3.81. The van der Waals surface area contributed by atoms with Gasteiger partial charge in [0.15, 0.2) is 0 Å². The molecule has 0 fully saturated rings. The highest BCUT2D eigenvalue weighted by Crippen LogP contribution is 2.31. The van der Waals surface area contributed by atoms with Crippen LogP contribution in [0.25, 0.3) is 0 Å². The molecule has 0 saturated heterocycles. The zero-order chi connectivity index (χ0) is 17.8. The summed E-state index contributed by atoms with van der Waals surface area (Å²) in [6.45, 7) is 12.3. The number of aliphatic hydroxyl groups is 1. The van der Waals surface area contributed by atoms with Gasteiger partial charge in [-0.15, -0.1) is 0 Å². The second kappa shape index (κ2) is 7.13. The molecule has 1 rings (SSSR count). The number of carbonyl (C=O) groups excluding carboxylic acids is 1. The Balaban J connectivity index is 3.19. The van der Waals surface area contributed by atoms with Crippen LogP contribution in [-0.2, 0) is 10.3 Å². The van der Waals surface area contributed by atoms with Crippen molar-refractivity contribution in [2.45, 2.75) is 52.2 Å². The Morgan fingerprint density at radius 1 is 1.35 bits per heavy atom. The van der Waals surface area contributed by atoms with Crippen LogP contribution in [0.4, 0.5) is 9.18 Å². The first-order valence-electron chi connectivity index (χ1n) is 7.52. The molecule has 0 saturated carbocycles. The van der Waals surface area contributed by atoms with Gasteiger partial charge in [0.25, 0.3) is 0 Å². The van der Waals surface area contributed by atoms with E-state index < -0.39 is 23.1 Å². The van der Waals surface area contributed by atoms with Gasteiger partial charge in [-0.2, -0.15) is 0 Å². The van der Waals surface area contributed by atoms with Crippen LogP contribution in [0, 0.1) is 12.7 Å². The van der Waals surface area contributed by atoms with Crippen molar-refractivity contribution in [1.82, 2.24) is 5.32 Å². The van der Waals surface area contributed by atoms with Crippen LogP contribution in [0.3, 0.4) is 0 Å². The van der Waals surface area contributed by atoms with Crippen molar-refractivity contribution in [3.8, 4) is 0 Å². The molecule has 0 radical (unpaired) electrons. The van der Waals surface area contributed by atoms with Gasteiger partial charge in [0.1, 0.15) is 11.4 Å². The molecule has 2 N–H and O–H groups in total. The Labute approximate surface area is 137 Å². The van der Waals surface area contributed by atoms with Crippen molar-refractivity contribution < 1.29 is 19.0 Å². The molecule has 128 valence electrons. The number of hydrogen-bond acceptors (Lipinski definition) is 3. The minimum atomic E-state index is -1.07. The number of rotatable bonds is 5. The summed E-state index contributed by atoms with van der Waals surface area (Å²) in [5.74, 6) is -0.431. The molecule has 1 atom stereocenters. The van der Waals surface area contributed by atoms with Gasteiger partial charge in [0.05, 0.1) is 12.1 Å². The summed E-state index contributed by atoms with van der Waals surface area (Å²) in [6, 6.07) is 4.70. The van der Waals surface area contributed by atoms with Crippen LogP contribution in [0.5, 0.6) is 0 Å². The molecule has 5 heteroatoms. The number of hydrogen-bond donors (Lipinski definition) is 2. The fourth-order valence-corrected chi connectivity index (χ4v) is 2.35. The fraction of sp³-hybridized carbons (Fsp3) is 0.500. The van der Waals surface area contributed by atoms with Crippen LogP contribution in [0.2, 0.25) is 0 Å². The third kappa shape index (κ3) is 5.67. The first kappa shape index (κ1) is 19.2. The highest BCUT2D eigenvalue weighted by atomic mass is 19.1. The summed E-state index contributed by atoms with van der Waals surface area (Å²) in [5, 5.41) is 12.0. The van der Waals surface area contributed by atoms with Crippen molar-refractivity contribution in [3.63, 3.8) is 0 Å². The van der Waals surface area contributed by atoms with Crippen LogP contribution in [0.1, 0.15) is 45.2 Å². The highest BCUT2D eigenvalue weighted by Gasteiger charge is 2.33. The summed E-state index contributed by atoms with van der Waals surface area (Å²) >= 11 is 0. The molecule has 23 heavy (non-hydrogen) atoms. The number of nitrogens with one attached hydrogen (secondary N) is 1. The molecule has 0 aromatic heterocycles. The molecule has 1 aromatic rings. The molecule has 0 unspecified atom stereocenters. The van der Waals surface area contributed by atoms with Gasteiger partial charge in [-0.25, -0.2) is 9.18 Å². The van der Waals surface area contributed by atoms with Crippen LogP contribution < -0.4 is 5.32 Å². The van der Waals surface area contributed by atoms with Gasteiger partial charge >= 0.3 is 6.09 Å². The first-order valence-corrected chi connectivity index (χ1v) is 7.52. The van der Waals surface area contributed by atoms with Gasteiger partial charge in [0.2, 0.25) is 0 Å². The van der Waals surface area contributed by atoms with E-state index in [1.165, 1.54) is 6.07 Å². The molecule has 0 spiro atoms. The Bertz CT molecular complexity index is 592. The molecule has 0 aliphatic carbocycles. The molecule has 1 amide bonds. The van der Waals surface area contributed by atoms with Crippen LogP contribution in [0.15, 0.2) is 30.4 Å². The lowest BCUT2D eigenvalue weighted by Crippen LogP contribution is -2.46. The maximum Gasteiger partial charge on any atom is 0.408 e. The lowest BCUT2D eigenvalue weighted by molar-refractivity contribution is 0.0457. The molecule has 4 nitrogen and oxygen atoms in total. The predicted molar refractivity (Wildman–Crippen MR) is 88.7 cm³/mol.